The zero-order valence-corrected chi connectivity index (χ0v) is 15.5. The highest BCUT2D eigenvalue weighted by Gasteiger charge is 2.25. The summed E-state index contributed by atoms with van der Waals surface area (Å²) in [6.45, 7) is 2.83. The van der Waals surface area contributed by atoms with Crippen molar-refractivity contribution in [1.82, 2.24) is 4.90 Å². The third-order valence-electron chi connectivity index (χ3n) is 4.52. The van der Waals surface area contributed by atoms with Crippen LogP contribution in [0.15, 0.2) is 54.6 Å². The Kier molecular flexibility index (Phi) is 6.80. The van der Waals surface area contributed by atoms with Crippen LogP contribution in [0.3, 0.4) is 0 Å². The van der Waals surface area contributed by atoms with Gasteiger partial charge in [0.05, 0.1) is 11.5 Å². The fraction of sp³-hybridized carbons (Fsp3) is 0.350. The Morgan fingerprint density at radius 3 is 2.36 bits per heavy atom. The summed E-state index contributed by atoms with van der Waals surface area (Å²) in [5.41, 5.74) is 0.679. The number of anilines is 1. The first kappa shape index (κ1) is 19.6. The van der Waals surface area contributed by atoms with Crippen molar-refractivity contribution in [2.75, 3.05) is 50.9 Å². The molecule has 1 amide bonds. The van der Waals surface area contributed by atoms with Gasteiger partial charge < -0.3 is 19.3 Å². The number of carbonyl (C=O) groups excluding carboxylic acids is 1. The van der Waals surface area contributed by atoms with Crippen LogP contribution >= 0.6 is 0 Å². The first-order valence-corrected chi connectivity index (χ1v) is 9.17. The lowest BCUT2D eigenvalue weighted by Crippen LogP contribution is -2.50. The first-order valence-electron chi connectivity index (χ1n) is 9.17. The van der Waals surface area contributed by atoms with Gasteiger partial charge >= 0.3 is 0 Å². The summed E-state index contributed by atoms with van der Waals surface area (Å²) in [5.74, 6) is 0.686. The number of rotatable bonds is 8. The highest BCUT2D eigenvalue weighted by Crippen LogP contribution is 2.28. The molecule has 2 aromatic rings. The van der Waals surface area contributed by atoms with E-state index in [4.69, 9.17) is 9.47 Å². The van der Waals surface area contributed by atoms with Crippen molar-refractivity contribution in [2.24, 2.45) is 0 Å². The zero-order chi connectivity index (χ0) is 19.8. The van der Waals surface area contributed by atoms with E-state index in [1.165, 1.54) is 6.07 Å². The lowest BCUT2D eigenvalue weighted by Gasteiger charge is -2.35. The van der Waals surface area contributed by atoms with Gasteiger partial charge in [0.25, 0.3) is 5.69 Å². The number of carbonyl (C=O) groups is 1. The number of piperazine rings is 1. The molecule has 148 valence electrons. The standard InChI is InChI=1S/C20H23N3O5/c24-20(16-27-14-15-28-17-6-2-1-3-7-17)22-12-10-21(11-13-22)18-8-4-5-9-19(18)23(25)26/h1-9H,10-16H2. The van der Waals surface area contributed by atoms with Crippen LogP contribution in [-0.4, -0.2) is 61.7 Å². The molecule has 1 heterocycles. The molecule has 1 fully saturated rings. The highest BCUT2D eigenvalue weighted by molar-refractivity contribution is 5.78. The zero-order valence-electron chi connectivity index (χ0n) is 15.5. The van der Waals surface area contributed by atoms with Gasteiger partial charge in [-0.1, -0.05) is 30.3 Å². The molecule has 0 spiro atoms. The Hall–Kier alpha value is -3.13. The van der Waals surface area contributed by atoms with Gasteiger partial charge in [0, 0.05) is 32.2 Å². The van der Waals surface area contributed by atoms with Gasteiger partial charge in [0.15, 0.2) is 0 Å². The predicted octanol–water partition coefficient (Wildman–Crippen LogP) is 2.34. The van der Waals surface area contributed by atoms with Crippen LogP contribution in [-0.2, 0) is 9.53 Å². The van der Waals surface area contributed by atoms with Crippen molar-refractivity contribution in [3.8, 4) is 5.75 Å². The molecular weight excluding hydrogens is 362 g/mol. The fourth-order valence-corrected chi connectivity index (χ4v) is 3.07. The lowest BCUT2D eigenvalue weighted by molar-refractivity contribution is -0.384. The van der Waals surface area contributed by atoms with Gasteiger partial charge in [-0.2, -0.15) is 0 Å². The number of amides is 1. The normalized spacial score (nSPS) is 14.0. The predicted molar refractivity (Wildman–Crippen MR) is 105 cm³/mol. The van der Waals surface area contributed by atoms with Gasteiger partial charge in [-0.05, 0) is 18.2 Å². The molecule has 0 unspecified atom stereocenters. The van der Waals surface area contributed by atoms with Crippen LogP contribution in [0.5, 0.6) is 5.75 Å². The maximum absolute atomic E-state index is 12.3. The molecule has 0 saturated carbocycles. The minimum Gasteiger partial charge on any atom is -0.491 e. The Labute approximate surface area is 163 Å². The number of nitro groups is 1. The first-order chi connectivity index (χ1) is 13.6. The van der Waals surface area contributed by atoms with E-state index in [9.17, 15) is 14.9 Å². The largest absolute Gasteiger partial charge is 0.491 e. The molecule has 0 aliphatic carbocycles. The van der Waals surface area contributed by atoms with E-state index in [1.807, 2.05) is 35.2 Å². The number of hydrogen-bond acceptors (Lipinski definition) is 6. The van der Waals surface area contributed by atoms with Crippen molar-refractivity contribution in [1.29, 1.82) is 0 Å². The second kappa shape index (κ2) is 9.70. The summed E-state index contributed by atoms with van der Waals surface area (Å²) in [7, 11) is 0. The summed E-state index contributed by atoms with van der Waals surface area (Å²) < 4.78 is 10.9. The molecule has 2 aromatic carbocycles. The summed E-state index contributed by atoms with van der Waals surface area (Å²) in [4.78, 5) is 26.8. The Balaban J connectivity index is 1.39. The molecule has 8 nitrogen and oxygen atoms in total. The number of hydrogen-bond donors (Lipinski definition) is 0. The monoisotopic (exact) mass is 385 g/mol. The van der Waals surface area contributed by atoms with E-state index in [0.29, 0.717) is 45.1 Å². The molecular formula is C20H23N3O5. The van der Waals surface area contributed by atoms with Crippen LogP contribution in [0.1, 0.15) is 0 Å². The molecule has 3 rings (SSSR count). The molecule has 0 aromatic heterocycles. The van der Waals surface area contributed by atoms with Crippen LogP contribution in [0.25, 0.3) is 0 Å². The van der Waals surface area contributed by atoms with E-state index < -0.39 is 0 Å². The minimum atomic E-state index is -0.377. The summed E-state index contributed by atoms with van der Waals surface area (Å²) >= 11 is 0. The second-order valence-corrected chi connectivity index (χ2v) is 6.33. The SMILES string of the molecule is O=C(COCCOc1ccccc1)N1CCN(c2ccccc2[N+](=O)[O-])CC1. The van der Waals surface area contributed by atoms with Crippen molar-refractivity contribution >= 4 is 17.3 Å². The molecule has 0 atom stereocenters. The minimum absolute atomic E-state index is 0.00361. The maximum Gasteiger partial charge on any atom is 0.292 e. The van der Waals surface area contributed by atoms with Crippen LogP contribution in [0, 0.1) is 10.1 Å². The topological polar surface area (TPSA) is 85.2 Å². The van der Waals surface area contributed by atoms with Gasteiger partial charge in [0.1, 0.15) is 24.7 Å². The van der Waals surface area contributed by atoms with Crippen LogP contribution in [0.2, 0.25) is 0 Å². The summed E-state index contributed by atoms with van der Waals surface area (Å²) in [6, 6.07) is 16.1. The van der Waals surface area contributed by atoms with Gasteiger partial charge in [-0.3, -0.25) is 14.9 Å². The fourth-order valence-electron chi connectivity index (χ4n) is 3.07. The highest BCUT2D eigenvalue weighted by atomic mass is 16.6. The molecule has 0 radical (unpaired) electrons. The van der Waals surface area contributed by atoms with Crippen LogP contribution < -0.4 is 9.64 Å². The number of nitrogens with zero attached hydrogens (tertiary/aromatic N) is 3. The number of ether oxygens (including phenoxy) is 2. The maximum atomic E-state index is 12.3. The smallest absolute Gasteiger partial charge is 0.292 e. The van der Waals surface area contributed by atoms with E-state index in [2.05, 4.69) is 0 Å². The summed E-state index contributed by atoms with van der Waals surface area (Å²) in [5, 5.41) is 11.2. The number of benzene rings is 2. The number of nitro benzene ring substituents is 1. The molecule has 1 aliphatic rings. The summed E-state index contributed by atoms with van der Waals surface area (Å²) in [6.07, 6.45) is 0. The molecule has 8 heteroatoms. The quantitative estimate of drug-likeness (QED) is 0.394. The van der Waals surface area contributed by atoms with Crippen molar-refractivity contribution in [2.45, 2.75) is 0 Å². The average molecular weight is 385 g/mol. The van der Waals surface area contributed by atoms with Crippen molar-refractivity contribution in [3.05, 3.63) is 64.7 Å². The van der Waals surface area contributed by atoms with Crippen LogP contribution in [0.4, 0.5) is 11.4 Å². The van der Waals surface area contributed by atoms with Gasteiger partial charge in [0.2, 0.25) is 5.91 Å². The Bertz CT molecular complexity index is 791. The molecule has 1 saturated heterocycles. The van der Waals surface area contributed by atoms with Crippen molar-refractivity contribution in [3.63, 3.8) is 0 Å². The molecule has 0 bridgehead atoms. The molecule has 28 heavy (non-hydrogen) atoms. The van der Waals surface area contributed by atoms with Crippen molar-refractivity contribution < 1.29 is 19.2 Å². The Morgan fingerprint density at radius 1 is 0.964 bits per heavy atom. The van der Waals surface area contributed by atoms with E-state index in [-0.39, 0.29) is 23.1 Å². The lowest BCUT2D eigenvalue weighted by atomic mass is 10.2. The molecule has 0 N–H and O–H groups in total. The van der Waals surface area contributed by atoms with Gasteiger partial charge in [-0.25, -0.2) is 0 Å². The van der Waals surface area contributed by atoms with E-state index >= 15 is 0 Å². The Morgan fingerprint density at radius 2 is 1.64 bits per heavy atom. The molecule has 1 aliphatic heterocycles. The number of para-hydroxylation sites is 3. The van der Waals surface area contributed by atoms with E-state index in [1.54, 1.807) is 23.1 Å². The van der Waals surface area contributed by atoms with Gasteiger partial charge in [-0.15, -0.1) is 0 Å². The second-order valence-electron chi connectivity index (χ2n) is 6.33. The third kappa shape index (κ3) is 5.20. The average Bonchev–Trinajstić information content (AvgIpc) is 2.74. The van der Waals surface area contributed by atoms with E-state index in [0.717, 1.165) is 5.75 Å². The third-order valence-corrected chi connectivity index (χ3v) is 4.52.